The molecule has 1 saturated carbocycles. The molecule has 2 aromatic heterocycles. The maximum absolute atomic E-state index is 13.2. The van der Waals surface area contributed by atoms with Gasteiger partial charge in [0.05, 0.1) is 11.4 Å². The lowest BCUT2D eigenvalue weighted by Gasteiger charge is -2.12. The number of nitrogens with one attached hydrogen (secondary N) is 2. The Balaban J connectivity index is 1.43. The maximum atomic E-state index is 13.2. The Bertz CT molecular complexity index is 1430. The third-order valence-corrected chi connectivity index (χ3v) is 6.93. The molecule has 2 heterocycles. The molecule has 188 valence electrons. The van der Waals surface area contributed by atoms with Gasteiger partial charge in [-0.2, -0.15) is 9.78 Å². The number of phenolic OH excluding ortho intramolecular Hbond substituents is 1. The molecule has 0 radical (unpaired) electrons. The van der Waals surface area contributed by atoms with Crippen molar-refractivity contribution in [3.63, 3.8) is 0 Å². The van der Waals surface area contributed by atoms with Crippen LogP contribution in [0.5, 0.6) is 5.75 Å². The van der Waals surface area contributed by atoms with Gasteiger partial charge in [-0.25, -0.2) is 4.79 Å². The number of anilines is 1. The number of carbonyl (C=O) groups excluding carboxylic acids is 2. The van der Waals surface area contributed by atoms with Crippen LogP contribution in [-0.4, -0.2) is 31.8 Å². The van der Waals surface area contributed by atoms with Crippen molar-refractivity contribution in [3.8, 4) is 17.0 Å². The van der Waals surface area contributed by atoms with E-state index >= 15 is 0 Å². The van der Waals surface area contributed by atoms with Gasteiger partial charge < -0.3 is 15.7 Å². The van der Waals surface area contributed by atoms with Gasteiger partial charge >= 0.3 is 6.03 Å². The quantitative estimate of drug-likeness (QED) is 0.274. The molecule has 2 amide bonds. The summed E-state index contributed by atoms with van der Waals surface area (Å²) < 4.78 is 1.39. The molecular formula is C28H26ClN5O3. The average Bonchev–Trinajstić information content (AvgIpc) is 3.60. The summed E-state index contributed by atoms with van der Waals surface area (Å²) in [5.41, 5.74) is 3.44. The maximum Gasteiger partial charge on any atom is 0.342 e. The molecule has 1 fully saturated rings. The molecule has 0 aliphatic heterocycles. The number of aromatic hydroxyl groups is 1. The molecule has 4 aromatic rings. The molecule has 9 heteroatoms. The van der Waals surface area contributed by atoms with Crippen molar-refractivity contribution in [2.45, 2.75) is 38.1 Å². The second kappa shape index (κ2) is 10.8. The van der Waals surface area contributed by atoms with Crippen molar-refractivity contribution in [1.29, 1.82) is 0 Å². The summed E-state index contributed by atoms with van der Waals surface area (Å²) in [6.45, 7) is 0.263. The van der Waals surface area contributed by atoms with Gasteiger partial charge in [0.15, 0.2) is 0 Å². The molecule has 0 unspecified atom stereocenters. The molecule has 5 rings (SSSR count). The van der Waals surface area contributed by atoms with Gasteiger partial charge in [-0.15, -0.1) is 0 Å². The largest absolute Gasteiger partial charge is 0.507 e. The lowest BCUT2D eigenvalue weighted by atomic mass is 10.0. The number of phenols is 1. The van der Waals surface area contributed by atoms with Crippen LogP contribution in [0, 0.1) is 0 Å². The Morgan fingerprint density at radius 1 is 1.03 bits per heavy atom. The van der Waals surface area contributed by atoms with Crippen molar-refractivity contribution in [2.75, 3.05) is 5.32 Å². The predicted molar refractivity (Wildman–Crippen MR) is 142 cm³/mol. The summed E-state index contributed by atoms with van der Waals surface area (Å²) in [6, 6.07) is 16.8. The number of amides is 2. The van der Waals surface area contributed by atoms with Crippen molar-refractivity contribution in [2.24, 2.45) is 0 Å². The van der Waals surface area contributed by atoms with Crippen molar-refractivity contribution in [3.05, 3.63) is 94.9 Å². The van der Waals surface area contributed by atoms with Gasteiger partial charge in [0.25, 0.3) is 5.91 Å². The lowest BCUT2D eigenvalue weighted by Crippen LogP contribution is -2.30. The Hall–Kier alpha value is -4.17. The molecular weight excluding hydrogens is 490 g/mol. The lowest BCUT2D eigenvalue weighted by molar-refractivity contribution is 0.102. The van der Waals surface area contributed by atoms with Crippen LogP contribution in [0.2, 0.25) is 5.02 Å². The number of benzene rings is 2. The number of nitrogens with zero attached hydrogens (tertiary/aromatic N) is 3. The number of hydrogen-bond donors (Lipinski definition) is 3. The zero-order valence-electron chi connectivity index (χ0n) is 20.0. The zero-order valence-corrected chi connectivity index (χ0v) is 20.8. The molecule has 0 bridgehead atoms. The summed E-state index contributed by atoms with van der Waals surface area (Å²) in [6.07, 6.45) is 7.21. The fourth-order valence-corrected chi connectivity index (χ4v) is 4.82. The predicted octanol–water partition coefficient (Wildman–Crippen LogP) is 5.97. The standard InChI is InChI=1S/C28H26ClN5O3/c29-23-8-4-3-7-20(23)17-31-28(37)34-25(18-5-1-2-6-18)16-24(33-34)22-15-21(9-10-26(22)35)32-27(36)19-11-13-30-14-12-19/h3-4,7-16,18,35H,1-2,5-6,17H2,(H,31,37)(H,32,36). The Labute approximate surface area is 219 Å². The van der Waals surface area contributed by atoms with Gasteiger partial charge in [-0.3, -0.25) is 9.78 Å². The van der Waals surface area contributed by atoms with Crippen LogP contribution in [0.3, 0.4) is 0 Å². The summed E-state index contributed by atoms with van der Waals surface area (Å²) >= 11 is 6.25. The smallest absolute Gasteiger partial charge is 0.342 e. The first-order valence-corrected chi connectivity index (χ1v) is 12.5. The summed E-state index contributed by atoms with van der Waals surface area (Å²) in [5, 5.41) is 21.6. The van der Waals surface area contributed by atoms with Gasteiger partial charge in [0.1, 0.15) is 5.75 Å². The van der Waals surface area contributed by atoms with Crippen LogP contribution in [0.4, 0.5) is 10.5 Å². The molecule has 0 atom stereocenters. The first kappa shape index (κ1) is 24.5. The van der Waals surface area contributed by atoms with E-state index in [0.717, 1.165) is 36.9 Å². The third-order valence-electron chi connectivity index (χ3n) is 6.56. The van der Waals surface area contributed by atoms with Gasteiger partial charge in [-0.05, 0) is 60.9 Å². The first-order chi connectivity index (χ1) is 18.0. The van der Waals surface area contributed by atoms with Crippen molar-refractivity contribution in [1.82, 2.24) is 20.1 Å². The highest BCUT2D eigenvalue weighted by Gasteiger charge is 2.26. The van der Waals surface area contributed by atoms with E-state index < -0.39 is 0 Å². The SMILES string of the molecule is O=C(Nc1ccc(O)c(-c2cc(C3CCCC3)n(C(=O)NCc3ccccc3Cl)n2)c1)c1ccncc1. The highest BCUT2D eigenvalue weighted by Crippen LogP contribution is 2.38. The Morgan fingerprint density at radius 3 is 2.54 bits per heavy atom. The first-order valence-electron chi connectivity index (χ1n) is 12.2. The highest BCUT2D eigenvalue weighted by molar-refractivity contribution is 6.31. The number of aromatic nitrogens is 3. The molecule has 0 saturated heterocycles. The summed E-state index contributed by atoms with van der Waals surface area (Å²) in [7, 11) is 0. The second-order valence-electron chi connectivity index (χ2n) is 9.02. The Kier molecular flexibility index (Phi) is 7.18. The molecule has 37 heavy (non-hydrogen) atoms. The average molecular weight is 516 g/mol. The van der Waals surface area contributed by atoms with E-state index in [0.29, 0.717) is 27.5 Å². The number of carbonyl (C=O) groups is 2. The minimum atomic E-state index is -0.366. The minimum Gasteiger partial charge on any atom is -0.507 e. The fourth-order valence-electron chi connectivity index (χ4n) is 4.62. The van der Waals surface area contributed by atoms with E-state index in [1.165, 1.54) is 10.7 Å². The van der Waals surface area contributed by atoms with E-state index in [4.69, 9.17) is 11.6 Å². The van der Waals surface area contributed by atoms with Crippen molar-refractivity contribution < 1.29 is 14.7 Å². The molecule has 2 aromatic carbocycles. The van der Waals surface area contributed by atoms with Crippen molar-refractivity contribution >= 4 is 29.2 Å². The van der Waals surface area contributed by atoms with Gasteiger partial charge in [-0.1, -0.05) is 42.6 Å². The number of hydrogen-bond acceptors (Lipinski definition) is 5. The van der Waals surface area contributed by atoms with Crippen LogP contribution >= 0.6 is 11.6 Å². The van der Waals surface area contributed by atoms with Crippen LogP contribution in [-0.2, 0) is 6.54 Å². The van der Waals surface area contributed by atoms with E-state index in [2.05, 4.69) is 20.7 Å². The van der Waals surface area contributed by atoms with E-state index in [1.807, 2.05) is 24.3 Å². The fraction of sp³-hybridized carbons (Fsp3) is 0.214. The number of pyridine rings is 1. The molecule has 3 N–H and O–H groups in total. The molecule has 0 spiro atoms. The second-order valence-corrected chi connectivity index (χ2v) is 9.43. The number of halogens is 1. The zero-order chi connectivity index (χ0) is 25.8. The molecule has 1 aliphatic carbocycles. The van der Waals surface area contributed by atoms with E-state index in [1.54, 1.807) is 42.7 Å². The monoisotopic (exact) mass is 515 g/mol. The topological polar surface area (TPSA) is 109 Å². The Morgan fingerprint density at radius 2 is 1.78 bits per heavy atom. The van der Waals surface area contributed by atoms with Gasteiger partial charge in [0.2, 0.25) is 0 Å². The normalized spacial score (nSPS) is 13.4. The highest BCUT2D eigenvalue weighted by atomic mass is 35.5. The van der Waals surface area contributed by atoms with Crippen LogP contribution < -0.4 is 10.6 Å². The summed E-state index contributed by atoms with van der Waals surface area (Å²) in [5.74, 6) is -0.0970. The van der Waals surface area contributed by atoms with E-state index in [-0.39, 0.29) is 30.2 Å². The molecule has 1 aliphatic rings. The summed E-state index contributed by atoms with van der Waals surface area (Å²) in [4.78, 5) is 29.8. The third kappa shape index (κ3) is 5.49. The number of rotatable bonds is 6. The van der Waals surface area contributed by atoms with Gasteiger partial charge in [0, 0.05) is 46.7 Å². The molecule has 8 nitrogen and oxygen atoms in total. The van der Waals surface area contributed by atoms with E-state index in [9.17, 15) is 14.7 Å². The van der Waals surface area contributed by atoms with Crippen LogP contribution in [0.1, 0.15) is 53.2 Å². The van der Waals surface area contributed by atoms with Crippen LogP contribution in [0.25, 0.3) is 11.3 Å². The minimum absolute atomic E-state index is 0.000933. The van der Waals surface area contributed by atoms with Crippen LogP contribution in [0.15, 0.2) is 73.1 Å².